The van der Waals surface area contributed by atoms with E-state index in [0.29, 0.717) is 17.7 Å². The molecule has 0 spiro atoms. The fourth-order valence-electron chi connectivity index (χ4n) is 4.58. The highest BCUT2D eigenvalue weighted by atomic mass is 32.2. The zero-order valence-electron chi connectivity index (χ0n) is 22.6. The molecule has 2 aromatic carbocycles. The predicted octanol–water partition coefficient (Wildman–Crippen LogP) is 6.33. The number of halogens is 6. The molecule has 1 atom stereocenters. The second-order valence-corrected chi connectivity index (χ2v) is 11.7. The SMILES string of the molecule is CC(=O)N(Cc1cc(C(F)(F)F)cc(C(F)(F)F)c1)C1CCCN(C(=O)OC(C)C)c2cc(NS(C)(=O)=O)ccc21. The van der Waals surface area contributed by atoms with Crippen LogP contribution in [0.3, 0.4) is 0 Å². The molecule has 41 heavy (non-hydrogen) atoms. The van der Waals surface area contributed by atoms with Crippen molar-refractivity contribution in [3.8, 4) is 0 Å². The van der Waals surface area contributed by atoms with Gasteiger partial charge in [-0.15, -0.1) is 0 Å². The van der Waals surface area contributed by atoms with Crippen molar-refractivity contribution in [2.24, 2.45) is 0 Å². The number of benzene rings is 2. The van der Waals surface area contributed by atoms with E-state index in [0.717, 1.165) is 18.1 Å². The molecule has 0 saturated carbocycles. The summed E-state index contributed by atoms with van der Waals surface area (Å²) in [7, 11) is -3.72. The van der Waals surface area contributed by atoms with Crippen molar-refractivity contribution in [3.63, 3.8) is 0 Å². The van der Waals surface area contributed by atoms with Crippen LogP contribution in [0.4, 0.5) is 42.5 Å². The maximum atomic E-state index is 13.5. The van der Waals surface area contributed by atoms with Crippen LogP contribution in [0.1, 0.15) is 61.9 Å². The Morgan fingerprint density at radius 1 is 1.05 bits per heavy atom. The molecule has 0 aromatic heterocycles. The summed E-state index contributed by atoms with van der Waals surface area (Å²) in [5, 5.41) is 0. The quantitative estimate of drug-likeness (QED) is 0.386. The first-order valence-corrected chi connectivity index (χ1v) is 14.3. The molecule has 2 aromatic rings. The van der Waals surface area contributed by atoms with E-state index in [-0.39, 0.29) is 42.4 Å². The minimum atomic E-state index is -5.06. The van der Waals surface area contributed by atoms with Crippen molar-refractivity contribution >= 4 is 33.4 Å². The molecule has 0 bridgehead atoms. The second kappa shape index (κ2) is 11.8. The predicted molar refractivity (Wildman–Crippen MR) is 139 cm³/mol. The fraction of sp³-hybridized carbons (Fsp3) is 0.462. The zero-order chi connectivity index (χ0) is 30.9. The highest BCUT2D eigenvalue weighted by molar-refractivity contribution is 7.92. The van der Waals surface area contributed by atoms with Crippen molar-refractivity contribution in [2.45, 2.75) is 64.7 Å². The first-order chi connectivity index (χ1) is 18.8. The average Bonchev–Trinajstić information content (AvgIpc) is 2.99. The van der Waals surface area contributed by atoms with Crippen molar-refractivity contribution in [1.82, 2.24) is 4.90 Å². The molecular formula is C26H29F6N3O5S. The molecule has 0 fully saturated rings. The largest absolute Gasteiger partial charge is 0.446 e. The number of carbonyl (C=O) groups is 2. The first kappa shape index (κ1) is 32.0. The minimum absolute atomic E-state index is 0.0110. The highest BCUT2D eigenvalue weighted by Gasteiger charge is 2.38. The number of rotatable bonds is 6. The van der Waals surface area contributed by atoms with Crippen LogP contribution in [0.5, 0.6) is 0 Å². The lowest BCUT2D eigenvalue weighted by Crippen LogP contribution is -2.35. The fourth-order valence-corrected chi connectivity index (χ4v) is 5.14. The molecular weight excluding hydrogens is 580 g/mol. The van der Waals surface area contributed by atoms with Crippen LogP contribution in [0.25, 0.3) is 0 Å². The Hall–Kier alpha value is -3.49. The molecule has 1 aliphatic rings. The van der Waals surface area contributed by atoms with E-state index < -0.39 is 64.2 Å². The van der Waals surface area contributed by atoms with Gasteiger partial charge in [-0.2, -0.15) is 26.3 Å². The van der Waals surface area contributed by atoms with E-state index in [9.17, 15) is 44.3 Å². The van der Waals surface area contributed by atoms with Crippen LogP contribution in [0, 0.1) is 0 Å². The standard InChI is InChI=1S/C26H29F6N3O5S/c1-15(2)40-24(37)34-9-5-6-22(21-8-7-20(13-23(21)34)33-41(4,38)39)35(16(3)36)14-17-10-18(25(27,28)29)12-19(11-17)26(30,31)32/h7-8,10-13,15,22,33H,5-6,9,14H2,1-4H3. The molecule has 2 amide bonds. The van der Waals surface area contributed by atoms with Crippen LogP contribution >= 0.6 is 0 Å². The van der Waals surface area contributed by atoms with Crippen LogP contribution in [-0.2, 0) is 38.5 Å². The molecule has 8 nitrogen and oxygen atoms in total. The third-order valence-corrected chi connectivity index (χ3v) is 6.79. The summed E-state index contributed by atoms with van der Waals surface area (Å²) in [5.74, 6) is -0.636. The Morgan fingerprint density at radius 3 is 2.12 bits per heavy atom. The van der Waals surface area contributed by atoms with Gasteiger partial charge in [0.25, 0.3) is 0 Å². The van der Waals surface area contributed by atoms with Crippen LogP contribution in [-0.4, -0.2) is 44.2 Å². The van der Waals surface area contributed by atoms with Gasteiger partial charge in [-0.05, 0) is 68.1 Å². The zero-order valence-corrected chi connectivity index (χ0v) is 23.4. The molecule has 0 saturated heterocycles. The third kappa shape index (κ3) is 8.27. The Bertz CT molecular complexity index is 1380. The van der Waals surface area contributed by atoms with E-state index in [2.05, 4.69) is 4.72 Å². The summed E-state index contributed by atoms with van der Waals surface area (Å²) in [5.41, 5.74) is -2.80. The van der Waals surface area contributed by atoms with E-state index in [1.807, 2.05) is 0 Å². The topological polar surface area (TPSA) is 96.0 Å². The molecule has 226 valence electrons. The number of hydrogen-bond donors (Lipinski definition) is 1. The van der Waals surface area contributed by atoms with E-state index in [1.165, 1.54) is 23.1 Å². The van der Waals surface area contributed by atoms with Gasteiger partial charge in [-0.25, -0.2) is 13.2 Å². The number of ether oxygens (including phenoxy) is 1. The molecule has 0 radical (unpaired) electrons. The summed E-state index contributed by atoms with van der Waals surface area (Å²) < 4.78 is 112. The molecule has 1 N–H and O–H groups in total. The van der Waals surface area contributed by atoms with Crippen LogP contribution in [0.15, 0.2) is 36.4 Å². The second-order valence-electron chi connectivity index (χ2n) is 9.95. The van der Waals surface area contributed by atoms with Crippen molar-refractivity contribution in [3.05, 3.63) is 58.7 Å². The molecule has 15 heteroatoms. The molecule has 0 aliphatic carbocycles. The van der Waals surface area contributed by atoms with E-state index in [4.69, 9.17) is 4.74 Å². The van der Waals surface area contributed by atoms with Gasteiger partial charge in [0.15, 0.2) is 0 Å². The monoisotopic (exact) mass is 609 g/mol. The Labute approximate surface area is 233 Å². The number of amides is 2. The average molecular weight is 610 g/mol. The number of carbonyl (C=O) groups excluding carboxylic acids is 2. The van der Waals surface area contributed by atoms with E-state index in [1.54, 1.807) is 13.8 Å². The van der Waals surface area contributed by atoms with Crippen molar-refractivity contribution < 1.29 is 49.1 Å². The summed E-state index contributed by atoms with van der Waals surface area (Å²) in [6.45, 7) is 3.88. The van der Waals surface area contributed by atoms with Gasteiger partial charge < -0.3 is 9.64 Å². The number of nitrogens with one attached hydrogen (secondary N) is 1. The lowest BCUT2D eigenvalue weighted by atomic mass is 9.97. The molecule has 1 unspecified atom stereocenters. The van der Waals surface area contributed by atoms with Gasteiger partial charge in [-0.1, -0.05) is 6.07 Å². The first-order valence-electron chi connectivity index (χ1n) is 12.4. The van der Waals surface area contributed by atoms with Gasteiger partial charge in [0.05, 0.1) is 40.9 Å². The Kier molecular flexibility index (Phi) is 9.20. The van der Waals surface area contributed by atoms with Gasteiger partial charge in [0.1, 0.15) is 0 Å². The van der Waals surface area contributed by atoms with Gasteiger partial charge >= 0.3 is 18.4 Å². The lowest BCUT2D eigenvalue weighted by Gasteiger charge is -2.33. The summed E-state index contributed by atoms with van der Waals surface area (Å²) >= 11 is 0. The maximum Gasteiger partial charge on any atom is 0.416 e. The third-order valence-electron chi connectivity index (χ3n) is 6.18. The maximum absolute atomic E-state index is 13.5. The minimum Gasteiger partial charge on any atom is -0.446 e. The lowest BCUT2D eigenvalue weighted by molar-refractivity contribution is -0.143. The number of sulfonamides is 1. The van der Waals surface area contributed by atoms with Gasteiger partial charge in [0, 0.05) is 20.0 Å². The summed E-state index contributed by atoms with van der Waals surface area (Å²) in [6.07, 6.45) is -9.98. The Morgan fingerprint density at radius 2 is 1.63 bits per heavy atom. The Balaban J connectivity index is 2.14. The van der Waals surface area contributed by atoms with E-state index >= 15 is 0 Å². The highest BCUT2D eigenvalue weighted by Crippen LogP contribution is 2.41. The van der Waals surface area contributed by atoms with Crippen LogP contribution in [0.2, 0.25) is 0 Å². The number of nitrogens with zero attached hydrogens (tertiary/aromatic N) is 2. The number of hydrogen-bond acceptors (Lipinski definition) is 5. The van der Waals surface area contributed by atoms with Gasteiger partial charge in [-0.3, -0.25) is 14.4 Å². The molecule has 3 rings (SSSR count). The van der Waals surface area contributed by atoms with Gasteiger partial charge in [0.2, 0.25) is 15.9 Å². The summed E-state index contributed by atoms with van der Waals surface area (Å²) in [4.78, 5) is 28.2. The summed E-state index contributed by atoms with van der Waals surface area (Å²) in [6, 6.07) is 4.46. The molecule has 1 aliphatic heterocycles. The van der Waals surface area contributed by atoms with Crippen molar-refractivity contribution in [1.29, 1.82) is 0 Å². The normalized spacial score (nSPS) is 16.2. The van der Waals surface area contributed by atoms with Crippen LogP contribution < -0.4 is 9.62 Å². The van der Waals surface area contributed by atoms with Crippen molar-refractivity contribution in [2.75, 3.05) is 22.4 Å². The number of fused-ring (bicyclic) bond motifs is 1. The smallest absolute Gasteiger partial charge is 0.416 e. The molecule has 1 heterocycles. The number of anilines is 2. The number of alkyl halides is 6.